The lowest BCUT2D eigenvalue weighted by Gasteiger charge is -2.07. The molecule has 0 saturated carbocycles. The van der Waals surface area contributed by atoms with Gasteiger partial charge in [-0.1, -0.05) is 23.2 Å². The number of primary sulfonamides is 1. The smallest absolute Gasteiger partial charge is 0.264 e. The third-order valence-electron chi connectivity index (χ3n) is 2.35. The average Bonchev–Trinajstić information content (AvgIpc) is 2.68. The SMILES string of the molecule is NS(=O)(=O)c1ccc(NS(=O)(=O)c2cc(Cl)sc2Cl)cc1. The van der Waals surface area contributed by atoms with E-state index in [0.717, 1.165) is 11.3 Å². The van der Waals surface area contributed by atoms with Crippen molar-refractivity contribution in [2.75, 3.05) is 4.72 Å². The van der Waals surface area contributed by atoms with Crippen LogP contribution in [0.3, 0.4) is 0 Å². The van der Waals surface area contributed by atoms with Crippen molar-refractivity contribution >= 4 is 60.3 Å². The second-order valence-corrected chi connectivity index (χ2v) is 9.36. The van der Waals surface area contributed by atoms with Crippen molar-refractivity contribution in [1.29, 1.82) is 0 Å². The molecule has 21 heavy (non-hydrogen) atoms. The lowest BCUT2D eigenvalue weighted by atomic mass is 10.3. The topological polar surface area (TPSA) is 106 Å². The van der Waals surface area contributed by atoms with E-state index in [1.807, 2.05) is 0 Å². The molecule has 2 aromatic rings. The van der Waals surface area contributed by atoms with Gasteiger partial charge in [0, 0.05) is 5.69 Å². The number of hydrogen-bond donors (Lipinski definition) is 2. The molecule has 0 fully saturated rings. The number of halogens is 2. The molecule has 0 spiro atoms. The number of anilines is 1. The van der Waals surface area contributed by atoms with E-state index in [1.165, 1.54) is 30.3 Å². The highest BCUT2D eigenvalue weighted by molar-refractivity contribution is 7.93. The summed E-state index contributed by atoms with van der Waals surface area (Å²) in [6.45, 7) is 0. The number of rotatable bonds is 4. The largest absolute Gasteiger partial charge is 0.280 e. The molecule has 1 aromatic heterocycles. The number of benzene rings is 1. The van der Waals surface area contributed by atoms with Crippen LogP contribution in [0.5, 0.6) is 0 Å². The first-order valence-corrected chi connectivity index (χ1v) is 9.80. The first kappa shape index (κ1) is 16.5. The van der Waals surface area contributed by atoms with Gasteiger partial charge in [0.05, 0.1) is 9.23 Å². The van der Waals surface area contributed by atoms with Gasteiger partial charge in [0.15, 0.2) is 0 Å². The zero-order valence-electron chi connectivity index (χ0n) is 10.1. The van der Waals surface area contributed by atoms with Crippen molar-refractivity contribution in [3.8, 4) is 0 Å². The minimum atomic E-state index is -3.91. The van der Waals surface area contributed by atoms with E-state index in [-0.39, 0.29) is 24.2 Å². The summed E-state index contributed by atoms with van der Waals surface area (Å²) in [5.74, 6) is 0. The lowest BCUT2D eigenvalue weighted by molar-refractivity contribution is 0.597. The van der Waals surface area contributed by atoms with E-state index < -0.39 is 20.0 Å². The fraction of sp³-hybridized carbons (Fsp3) is 0. The average molecular weight is 387 g/mol. The normalized spacial score (nSPS) is 12.3. The van der Waals surface area contributed by atoms with Gasteiger partial charge >= 0.3 is 0 Å². The van der Waals surface area contributed by atoms with Gasteiger partial charge in [-0.15, -0.1) is 11.3 Å². The van der Waals surface area contributed by atoms with Gasteiger partial charge in [-0.25, -0.2) is 22.0 Å². The van der Waals surface area contributed by atoms with Gasteiger partial charge in [0.1, 0.15) is 9.23 Å². The maximum atomic E-state index is 12.1. The van der Waals surface area contributed by atoms with Crippen molar-refractivity contribution in [2.24, 2.45) is 5.14 Å². The Morgan fingerprint density at radius 1 is 1.05 bits per heavy atom. The molecular weight excluding hydrogens is 379 g/mol. The Hall–Kier alpha value is -0.840. The number of sulfonamides is 2. The van der Waals surface area contributed by atoms with Crippen molar-refractivity contribution in [3.05, 3.63) is 39.0 Å². The summed E-state index contributed by atoms with van der Waals surface area (Å²) in [5, 5.41) is 4.95. The molecule has 0 aliphatic rings. The van der Waals surface area contributed by atoms with Crippen molar-refractivity contribution in [2.45, 2.75) is 9.79 Å². The Kier molecular flexibility index (Phi) is 4.52. The number of thiophene rings is 1. The molecule has 0 unspecified atom stereocenters. The maximum Gasteiger partial charge on any atom is 0.264 e. The van der Waals surface area contributed by atoms with Crippen molar-refractivity contribution < 1.29 is 16.8 Å². The Balaban J connectivity index is 2.31. The summed E-state index contributed by atoms with van der Waals surface area (Å²) in [6, 6.07) is 6.17. The molecule has 0 atom stereocenters. The van der Waals surface area contributed by atoms with Gasteiger partial charge in [-0.2, -0.15) is 0 Å². The minimum Gasteiger partial charge on any atom is -0.280 e. The first-order chi connectivity index (χ1) is 9.59. The Morgan fingerprint density at radius 3 is 2.05 bits per heavy atom. The zero-order chi connectivity index (χ0) is 15.8. The number of nitrogens with one attached hydrogen (secondary N) is 1. The maximum absolute atomic E-state index is 12.1. The van der Waals surface area contributed by atoms with Crippen LogP contribution in [0, 0.1) is 0 Å². The highest BCUT2D eigenvalue weighted by Gasteiger charge is 2.21. The summed E-state index contributed by atoms with van der Waals surface area (Å²) in [4.78, 5) is -0.267. The van der Waals surface area contributed by atoms with Crippen LogP contribution in [0.1, 0.15) is 0 Å². The van der Waals surface area contributed by atoms with E-state index in [0.29, 0.717) is 0 Å². The van der Waals surface area contributed by atoms with Crippen LogP contribution >= 0.6 is 34.5 Å². The van der Waals surface area contributed by atoms with Gasteiger partial charge in [0.2, 0.25) is 10.0 Å². The van der Waals surface area contributed by atoms with Gasteiger partial charge < -0.3 is 0 Å². The number of hydrogen-bond acceptors (Lipinski definition) is 5. The molecule has 0 aliphatic carbocycles. The molecule has 11 heteroatoms. The molecule has 0 bridgehead atoms. The van der Waals surface area contributed by atoms with Crippen LogP contribution in [0.15, 0.2) is 40.1 Å². The number of nitrogens with two attached hydrogens (primary N) is 1. The molecule has 1 aromatic carbocycles. The van der Waals surface area contributed by atoms with Crippen LogP contribution in [0.2, 0.25) is 8.67 Å². The zero-order valence-corrected chi connectivity index (χ0v) is 14.0. The second-order valence-electron chi connectivity index (χ2n) is 3.86. The molecule has 0 aliphatic heterocycles. The van der Waals surface area contributed by atoms with Crippen LogP contribution in [0.4, 0.5) is 5.69 Å². The predicted octanol–water partition coefficient (Wildman–Crippen LogP) is 2.50. The van der Waals surface area contributed by atoms with Crippen molar-refractivity contribution in [3.63, 3.8) is 0 Å². The minimum absolute atomic E-state index is 0.0358. The van der Waals surface area contributed by atoms with Crippen LogP contribution < -0.4 is 9.86 Å². The van der Waals surface area contributed by atoms with E-state index in [4.69, 9.17) is 28.3 Å². The Labute approximate surface area is 135 Å². The second kappa shape index (κ2) is 5.75. The highest BCUT2D eigenvalue weighted by Crippen LogP contribution is 2.35. The predicted molar refractivity (Wildman–Crippen MR) is 83.0 cm³/mol. The van der Waals surface area contributed by atoms with Crippen molar-refractivity contribution in [1.82, 2.24) is 0 Å². The molecule has 114 valence electrons. The summed E-state index contributed by atoms with van der Waals surface area (Å²) in [6.07, 6.45) is 0. The lowest BCUT2D eigenvalue weighted by Crippen LogP contribution is -2.14. The standard InChI is InChI=1S/C10H8Cl2N2O4S3/c11-9-5-8(10(12)19-9)21(17,18)14-6-1-3-7(4-2-6)20(13,15)16/h1-5,14H,(H2,13,15,16). The van der Waals surface area contributed by atoms with Crippen LogP contribution in [-0.4, -0.2) is 16.8 Å². The molecule has 1 heterocycles. The molecule has 3 N–H and O–H groups in total. The summed E-state index contributed by atoms with van der Waals surface area (Å²) < 4.78 is 49.0. The quantitative estimate of drug-likeness (QED) is 0.841. The first-order valence-electron chi connectivity index (χ1n) is 5.20. The van der Waals surface area contributed by atoms with Crippen LogP contribution in [-0.2, 0) is 20.0 Å². The fourth-order valence-electron chi connectivity index (χ4n) is 1.43. The Bertz CT molecular complexity index is 874. The molecule has 0 amide bonds. The molecular formula is C10H8Cl2N2O4S3. The van der Waals surface area contributed by atoms with E-state index in [1.54, 1.807) is 0 Å². The Morgan fingerprint density at radius 2 is 1.62 bits per heavy atom. The molecule has 0 saturated heterocycles. The van der Waals surface area contributed by atoms with Gasteiger partial charge in [0.25, 0.3) is 10.0 Å². The van der Waals surface area contributed by atoms with Crippen LogP contribution in [0.25, 0.3) is 0 Å². The fourth-order valence-corrected chi connectivity index (χ4v) is 5.16. The third-order valence-corrected chi connectivity index (χ3v) is 6.41. The van der Waals surface area contributed by atoms with Gasteiger partial charge in [-0.05, 0) is 30.3 Å². The van der Waals surface area contributed by atoms with E-state index >= 15 is 0 Å². The highest BCUT2D eigenvalue weighted by atomic mass is 35.5. The van der Waals surface area contributed by atoms with E-state index in [2.05, 4.69) is 4.72 Å². The molecule has 6 nitrogen and oxygen atoms in total. The summed E-state index contributed by atoms with van der Waals surface area (Å²) in [7, 11) is -7.74. The molecule has 0 radical (unpaired) electrons. The third kappa shape index (κ3) is 3.87. The monoisotopic (exact) mass is 386 g/mol. The van der Waals surface area contributed by atoms with E-state index in [9.17, 15) is 16.8 Å². The molecule has 2 rings (SSSR count). The summed E-state index contributed by atoms with van der Waals surface area (Å²) in [5.41, 5.74) is 0.167. The van der Waals surface area contributed by atoms with Gasteiger partial charge in [-0.3, -0.25) is 4.72 Å². The summed E-state index contributed by atoms with van der Waals surface area (Å²) >= 11 is 12.4.